The molecule has 1 saturated heterocycles. The van der Waals surface area contributed by atoms with Crippen molar-refractivity contribution in [1.82, 2.24) is 0 Å². The van der Waals surface area contributed by atoms with Gasteiger partial charge in [0.1, 0.15) is 30.1 Å². The number of aliphatic hydroxyl groups is 1. The normalized spacial score (nSPS) is 37.0. The molecular formula is C15H28B3F3O5. The predicted molar refractivity (Wildman–Crippen MR) is 97.8 cm³/mol. The van der Waals surface area contributed by atoms with Crippen LogP contribution >= 0.6 is 0 Å². The molecule has 0 bridgehead atoms. The highest BCUT2D eigenvalue weighted by Gasteiger charge is 2.71. The first-order chi connectivity index (χ1) is 11.7. The van der Waals surface area contributed by atoms with Crippen molar-refractivity contribution in [2.75, 3.05) is 33.5 Å². The molecule has 2 rings (SSSR count). The van der Waals surface area contributed by atoms with Crippen LogP contribution in [0.1, 0.15) is 20.3 Å². The monoisotopic (exact) mass is 378 g/mol. The number of alkyl halides is 3. The fraction of sp³-hybridized carbons (Fsp3) is 1.00. The van der Waals surface area contributed by atoms with Crippen molar-refractivity contribution in [3.63, 3.8) is 0 Å². The molecule has 1 aliphatic carbocycles. The SMILES string of the molecule is BC1(B)C[C@]2(CO2)[C@@H](C(C)(C)OCCOCC(F)(F)F)[C@](B)(OC)[C@@H]1O. The van der Waals surface area contributed by atoms with E-state index >= 15 is 0 Å². The Balaban J connectivity index is 2.10. The Labute approximate surface area is 155 Å². The number of hydrogen-bond acceptors (Lipinski definition) is 5. The Hall–Kier alpha value is -0.215. The zero-order chi connectivity index (χ0) is 20.0. The molecule has 1 N–H and O–H groups in total. The van der Waals surface area contributed by atoms with Crippen LogP contribution in [0.25, 0.3) is 0 Å². The number of hydrogen-bond donors (Lipinski definition) is 1. The van der Waals surface area contributed by atoms with Gasteiger partial charge in [-0.3, -0.25) is 0 Å². The van der Waals surface area contributed by atoms with Crippen LogP contribution in [0.5, 0.6) is 0 Å². The fourth-order valence-corrected chi connectivity index (χ4v) is 4.98. The molecule has 5 nitrogen and oxygen atoms in total. The zero-order valence-electron chi connectivity index (χ0n) is 16.4. The van der Waals surface area contributed by atoms with Gasteiger partial charge in [-0.15, -0.1) is 0 Å². The van der Waals surface area contributed by atoms with Gasteiger partial charge in [-0.1, -0.05) is 5.21 Å². The molecule has 1 heterocycles. The fourth-order valence-electron chi connectivity index (χ4n) is 4.98. The molecule has 11 heteroatoms. The van der Waals surface area contributed by atoms with Gasteiger partial charge in [-0.2, -0.15) is 13.2 Å². The molecule has 1 spiro atoms. The van der Waals surface area contributed by atoms with Crippen molar-refractivity contribution in [3.8, 4) is 0 Å². The lowest BCUT2D eigenvalue weighted by atomic mass is 9.36. The van der Waals surface area contributed by atoms with Gasteiger partial charge in [0.25, 0.3) is 0 Å². The van der Waals surface area contributed by atoms with Crippen LogP contribution < -0.4 is 0 Å². The minimum atomic E-state index is -4.35. The predicted octanol–water partition coefficient (Wildman–Crippen LogP) is -1.13. The summed E-state index contributed by atoms with van der Waals surface area (Å²) in [5.41, 5.74) is -2.18. The number of methoxy groups -OCH3 is 1. The summed E-state index contributed by atoms with van der Waals surface area (Å²) in [4.78, 5) is 0. The topological polar surface area (TPSA) is 60.5 Å². The average molecular weight is 378 g/mol. The Morgan fingerprint density at radius 1 is 1.19 bits per heavy atom. The van der Waals surface area contributed by atoms with Crippen molar-refractivity contribution in [1.29, 1.82) is 0 Å². The van der Waals surface area contributed by atoms with Crippen molar-refractivity contribution in [2.24, 2.45) is 5.92 Å². The largest absolute Gasteiger partial charge is 0.411 e. The van der Waals surface area contributed by atoms with E-state index in [9.17, 15) is 18.3 Å². The Kier molecular flexibility index (Phi) is 5.94. The van der Waals surface area contributed by atoms with Gasteiger partial charge in [0, 0.05) is 13.0 Å². The van der Waals surface area contributed by atoms with Gasteiger partial charge in [0.15, 0.2) is 0 Å². The van der Waals surface area contributed by atoms with Gasteiger partial charge in [-0.25, -0.2) is 0 Å². The molecule has 0 aromatic carbocycles. The van der Waals surface area contributed by atoms with E-state index in [0.29, 0.717) is 13.0 Å². The van der Waals surface area contributed by atoms with Crippen molar-refractivity contribution in [3.05, 3.63) is 0 Å². The Morgan fingerprint density at radius 2 is 1.77 bits per heavy atom. The first-order valence-electron chi connectivity index (χ1n) is 8.86. The van der Waals surface area contributed by atoms with E-state index in [4.69, 9.17) is 14.2 Å². The summed E-state index contributed by atoms with van der Waals surface area (Å²) < 4.78 is 58.6. The maximum absolute atomic E-state index is 12.2. The molecule has 0 aromatic heterocycles. The van der Waals surface area contributed by atoms with Crippen molar-refractivity contribution in [2.45, 2.75) is 54.5 Å². The molecule has 1 aliphatic heterocycles. The Morgan fingerprint density at radius 3 is 2.23 bits per heavy atom. The molecule has 0 unspecified atom stereocenters. The first kappa shape index (κ1) is 22.1. The highest BCUT2D eigenvalue weighted by molar-refractivity contribution is 6.41. The molecule has 2 fully saturated rings. The molecule has 26 heavy (non-hydrogen) atoms. The second-order valence-corrected chi connectivity index (χ2v) is 8.86. The van der Waals surface area contributed by atoms with Crippen LogP contribution in [0.3, 0.4) is 0 Å². The molecule has 0 aromatic rings. The van der Waals surface area contributed by atoms with Crippen molar-refractivity contribution < 1.29 is 37.2 Å². The van der Waals surface area contributed by atoms with E-state index in [1.165, 1.54) is 0 Å². The lowest BCUT2D eigenvalue weighted by Crippen LogP contribution is -2.70. The van der Waals surface area contributed by atoms with Crippen LogP contribution in [-0.2, 0) is 18.9 Å². The molecule has 2 aliphatic rings. The number of ether oxygens (including phenoxy) is 4. The van der Waals surface area contributed by atoms with E-state index in [2.05, 4.69) is 4.74 Å². The van der Waals surface area contributed by atoms with Crippen LogP contribution in [0.2, 0.25) is 5.21 Å². The first-order valence-corrected chi connectivity index (χ1v) is 8.86. The molecular weight excluding hydrogens is 350 g/mol. The van der Waals surface area contributed by atoms with Gasteiger partial charge in [0.05, 0.1) is 42.6 Å². The molecule has 1 saturated carbocycles. The highest BCUT2D eigenvalue weighted by Crippen LogP contribution is 2.61. The zero-order valence-corrected chi connectivity index (χ0v) is 16.4. The summed E-state index contributed by atoms with van der Waals surface area (Å²) in [5.74, 6) is -0.293. The third-order valence-corrected chi connectivity index (χ3v) is 5.75. The van der Waals surface area contributed by atoms with E-state index in [1.54, 1.807) is 7.11 Å². The van der Waals surface area contributed by atoms with Gasteiger partial charge in [-0.05, 0) is 20.3 Å². The van der Waals surface area contributed by atoms with Crippen LogP contribution in [0, 0.1) is 5.92 Å². The maximum Gasteiger partial charge on any atom is 0.411 e. The lowest BCUT2D eigenvalue weighted by Gasteiger charge is -2.58. The standard InChI is InChI=1S/C15H28B3F3O5/c1-11(2,25-5-4-24-8-14(19,20)21)9-12(7-26-12)6-13(16,17)10(22)15(9,18)23-3/h9-10,22H,4-8,16-18H2,1-3H3/t9-,10-,12+,15+/m1/s1. The van der Waals surface area contributed by atoms with Crippen LogP contribution in [0.4, 0.5) is 13.2 Å². The highest BCUT2D eigenvalue weighted by atomic mass is 19.4. The number of halogens is 3. The summed E-state index contributed by atoms with van der Waals surface area (Å²) in [5, 5.41) is 10.6. The summed E-state index contributed by atoms with van der Waals surface area (Å²) in [7, 11) is 7.36. The average Bonchev–Trinajstić information content (AvgIpc) is 3.21. The van der Waals surface area contributed by atoms with E-state index in [0.717, 1.165) is 0 Å². The number of rotatable bonds is 7. The smallest absolute Gasteiger partial charge is 0.392 e. The molecule has 0 radical (unpaired) electrons. The van der Waals surface area contributed by atoms with E-state index < -0.39 is 40.8 Å². The Bertz CT molecular complexity index is 513. The summed E-state index contributed by atoms with van der Waals surface area (Å²) in [6.07, 6.45) is -4.44. The molecule has 4 atom stereocenters. The minimum Gasteiger partial charge on any atom is -0.392 e. The quantitative estimate of drug-likeness (QED) is 0.345. The third kappa shape index (κ3) is 4.27. The van der Waals surface area contributed by atoms with E-state index in [-0.39, 0.29) is 19.1 Å². The maximum atomic E-state index is 12.2. The van der Waals surface area contributed by atoms with Gasteiger partial charge < -0.3 is 24.1 Å². The second kappa shape index (κ2) is 6.99. The molecule has 148 valence electrons. The molecule has 0 amide bonds. The summed E-state index contributed by atoms with van der Waals surface area (Å²) in [6.45, 7) is 2.80. The van der Waals surface area contributed by atoms with Crippen LogP contribution in [-0.4, -0.2) is 91.2 Å². The van der Waals surface area contributed by atoms with E-state index in [1.807, 2.05) is 37.4 Å². The van der Waals surface area contributed by atoms with Crippen molar-refractivity contribution >= 4 is 23.5 Å². The van der Waals surface area contributed by atoms with Gasteiger partial charge in [0.2, 0.25) is 0 Å². The lowest BCUT2D eigenvalue weighted by molar-refractivity contribution is -0.208. The van der Waals surface area contributed by atoms with Crippen LogP contribution in [0.15, 0.2) is 0 Å². The van der Waals surface area contributed by atoms with Gasteiger partial charge >= 0.3 is 6.18 Å². The number of aliphatic hydroxyl groups excluding tert-OH is 1. The second-order valence-electron chi connectivity index (χ2n) is 8.86. The summed E-state index contributed by atoms with van der Waals surface area (Å²) >= 11 is 0. The number of epoxide rings is 1. The third-order valence-electron chi connectivity index (χ3n) is 5.75. The summed E-state index contributed by atoms with van der Waals surface area (Å²) in [6, 6.07) is 0. The minimum absolute atomic E-state index is 0.00887.